The van der Waals surface area contributed by atoms with Crippen LogP contribution in [0.25, 0.3) is 0 Å². The number of halogens is 1. The van der Waals surface area contributed by atoms with Crippen LogP contribution in [0.4, 0.5) is 0 Å². The van der Waals surface area contributed by atoms with Gasteiger partial charge in [-0.3, -0.25) is 9.89 Å². The summed E-state index contributed by atoms with van der Waals surface area (Å²) in [5.74, 6) is 0.0543. The Bertz CT molecular complexity index is 551. The number of carbonyl (C=O) groups is 1. The largest absolute Gasteiger partial charge is 0.340 e. The van der Waals surface area contributed by atoms with E-state index in [0.717, 1.165) is 11.3 Å². The lowest BCUT2D eigenvalue weighted by Gasteiger charge is -2.20. The number of H-pyrrole nitrogens is 1. The van der Waals surface area contributed by atoms with E-state index >= 15 is 0 Å². The van der Waals surface area contributed by atoms with Crippen molar-refractivity contribution in [2.24, 2.45) is 5.92 Å². The number of hydrogen-bond acceptors (Lipinski definition) is 2. The maximum atomic E-state index is 12.3. The number of amides is 1. The van der Waals surface area contributed by atoms with Crippen molar-refractivity contribution in [1.29, 1.82) is 0 Å². The normalized spacial score (nSPS) is 12.2. The maximum absolute atomic E-state index is 12.3. The molecule has 1 atom stereocenters. The third-order valence-corrected chi connectivity index (χ3v) is 3.47. The van der Waals surface area contributed by atoms with E-state index in [4.69, 9.17) is 11.6 Å². The van der Waals surface area contributed by atoms with Gasteiger partial charge in [-0.1, -0.05) is 30.7 Å². The number of carbonyl (C=O) groups excluding carboxylic acids is 1. The van der Waals surface area contributed by atoms with Crippen molar-refractivity contribution >= 4 is 17.5 Å². The summed E-state index contributed by atoms with van der Waals surface area (Å²) >= 11 is 5.86. The van der Waals surface area contributed by atoms with Gasteiger partial charge < -0.3 is 4.90 Å². The van der Waals surface area contributed by atoms with Gasteiger partial charge in [-0.25, -0.2) is 0 Å². The minimum atomic E-state index is -0.0657. The second kappa shape index (κ2) is 6.57. The quantitative estimate of drug-likeness (QED) is 0.921. The van der Waals surface area contributed by atoms with E-state index in [0.29, 0.717) is 18.0 Å². The highest BCUT2D eigenvalue weighted by atomic mass is 35.5. The Morgan fingerprint density at radius 1 is 1.35 bits per heavy atom. The van der Waals surface area contributed by atoms with Crippen LogP contribution in [0.3, 0.4) is 0 Å². The molecule has 1 aromatic heterocycles. The molecule has 0 saturated heterocycles. The summed E-state index contributed by atoms with van der Waals surface area (Å²) in [6.07, 6.45) is 2.40. The van der Waals surface area contributed by atoms with Gasteiger partial charge in [0.05, 0.1) is 12.2 Å². The van der Waals surface area contributed by atoms with Crippen LogP contribution >= 0.6 is 11.6 Å². The summed E-state index contributed by atoms with van der Waals surface area (Å²) in [6.45, 7) is 2.49. The van der Waals surface area contributed by atoms with Crippen molar-refractivity contribution in [3.63, 3.8) is 0 Å². The first-order chi connectivity index (χ1) is 9.56. The number of benzene rings is 1. The van der Waals surface area contributed by atoms with Crippen LogP contribution in [0, 0.1) is 5.92 Å². The van der Waals surface area contributed by atoms with Crippen molar-refractivity contribution in [3.8, 4) is 0 Å². The minimum Gasteiger partial charge on any atom is -0.340 e. The molecule has 0 aliphatic rings. The first-order valence-corrected chi connectivity index (χ1v) is 6.91. The maximum Gasteiger partial charge on any atom is 0.225 e. The SMILES string of the molecule is CC(Cc1ccc(Cl)cc1)C(=O)N(C)Cc1ccn[nH]1. The lowest BCUT2D eigenvalue weighted by atomic mass is 10.00. The van der Waals surface area contributed by atoms with Gasteiger partial charge in [-0.05, 0) is 30.2 Å². The van der Waals surface area contributed by atoms with E-state index < -0.39 is 0 Å². The number of nitrogens with one attached hydrogen (secondary N) is 1. The van der Waals surface area contributed by atoms with E-state index in [1.807, 2.05) is 44.3 Å². The van der Waals surface area contributed by atoms with Gasteiger partial charge in [0, 0.05) is 24.2 Å². The number of hydrogen-bond donors (Lipinski definition) is 1. The van der Waals surface area contributed by atoms with Gasteiger partial charge in [0.15, 0.2) is 0 Å². The van der Waals surface area contributed by atoms with Crippen LogP contribution < -0.4 is 0 Å². The molecule has 106 valence electrons. The third kappa shape index (κ3) is 3.84. The second-order valence-corrected chi connectivity index (χ2v) is 5.44. The molecule has 2 rings (SSSR count). The molecule has 5 heteroatoms. The predicted octanol–water partition coefficient (Wildman–Crippen LogP) is 2.90. The number of nitrogens with zero attached hydrogens (tertiary/aromatic N) is 2. The van der Waals surface area contributed by atoms with Gasteiger partial charge in [-0.2, -0.15) is 5.10 Å². The van der Waals surface area contributed by atoms with Crippen LogP contribution in [0.2, 0.25) is 5.02 Å². The Balaban J connectivity index is 1.92. The summed E-state index contributed by atoms with van der Waals surface area (Å²) < 4.78 is 0. The first kappa shape index (κ1) is 14.6. The molecule has 0 saturated carbocycles. The van der Waals surface area contributed by atoms with Crippen molar-refractivity contribution in [3.05, 3.63) is 52.8 Å². The zero-order chi connectivity index (χ0) is 14.5. The zero-order valence-electron chi connectivity index (χ0n) is 11.6. The molecule has 0 aliphatic carbocycles. The van der Waals surface area contributed by atoms with Crippen LogP contribution in [0.1, 0.15) is 18.2 Å². The molecule has 0 bridgehead atoms. The molecule has 2 aromatic rings. The average molecular weight is 292 g/mol. The molecule has 0 radical (unpaired) electrons. The Hall–Kier alpha value is -1.81. The summed E-state index contributed by atoms with van der Waals surface area (Å²) in [5.41, 5.74) is 2.05. The average Bonchev–Trinajstić information content (AvgIpc) is 2.93. The van der Waals surface area contributed by atoms with Crippen molar-refractivity contribution < 1.29 is 4.79 Å². The Labute approximate surface area is 123 Å². The molecule has 1 N–H and O–H groups in total. The molecule has 1 amide bonds. The topological polar surface area (TPSA) is 49.0 Å². The van der Waals surface area contributed by atoms with Crippen LogP contribution in [0.15, 0.2) is 36.5 Å². The molecule has 0 fully saturated rings. The highest BCUT2D eigenvalue weighted by Crippen LogP contribution is 2.15. The lowest BCUT2D eigenvalue weighted by Crippen LogP contribution is -2.32. The fraction of sp³-hybridized carbons (Fsp3) is 0.333. The summed E-state index contributed by atoms with van der Waals surface area (Å²) in [5, 5.41) is 7.45. The van der Waals surface area contributed by atoms with Crippen LogP contribution in [-0.2, 0) is 17.8 Å². The predicted molar refractivity (Wildman–Crippen MR) is 79.4 cm³/mol. The molecule has 1 unspecified atom stereocenters. The fourth-order valence-corrected chi connectivity index (χ4v) is 2.27. The van der Waals surface area contributed by atoms with Gasteiger partial charge in [0.25, 0.3) is 0 Å². The van der Waals surface area contributed by atoms with Gasteiger partial charge in [-0.15, -0.1) is 0 Å². The number of rotatable bonds is 5. The molecule has 1 heterocycles. The first-order valence-electron chi connectivity index (χ1n) is 6.54. The third-order valence-electron chi connectivity index (χ3n) is 3.22. The van der Waals surface area contributed by atoms with Crippen LogP contribution in [0.5, 0.6) is 0 Å². The Morgan fingerprint density at radius 3 is 2.65 bits per heavy atom. The zero-order valence-corrected chi connectivity index (χ0v) is 12.4. The highest BCUT2D eigenvalue weighted by molar-refractivity contribution is 6.30. The Morgan fingerprint density at radius 2 is 2.05 bits per heavy atom. The summed E-state index contributed by atoms with van der Waals surface area (Å²) in [4.78, 5) is 14.0. The molecule has 0 aliphatic heterocycles. The van der Waals surface area contributed by atoms with Gasteiger partial charge in [0.1, 0.15) is 0 Å². The minimum absolute atomic E-state index is 0.0657. The fourth-order valence-electron chi connectivity index (χ4n) is 2.14. The van der Waals surface area contributed by atoms with Crippen molar-refractivity contribution in [2.45, 2.75) is 19.9 Å². The van der Waals surface area contributed by atoms with E-state index in [1.54, 1.807) is 11.1 Å². The molecule has 0 spiro atoms. The molecule has 20 heavy (non-hydrogen) atoms. The number of aromatic nitrogens is 2. The van der Waals surface area contributed by atoms with E-state index in [-0.39, 0.29) is 11.8 Å². The van der Waals surface area contributed by atoms with Gasteiger partial charge >= 0.3 is 0 Å². The lowest BCUT2D eigenvalue weighted by molar-refractivity contribution is -0.134. The molecular formula is C15H18ClN3O. The standard InChI is InChI=1S/C15H18ClN3O/c1-11(9-12-3-5-13(16)6-4-12)15(20)19(2)10-14-7-8-17-18-14/h3-8,11H,9-10H2,1-2H3,(H,17,18). The monoisotopic (exact) mass is 291 g/mol. The van der Waals surface area contributed by atoms with Gasteiger partial charge in [0.2, 0.25) is 5.91 Å². The second-order valence-electron chi connectivity index (χ2n) is 5.01. The van der Waals surface area contributed by atoms with Crippen molar-refractivity contribution in [2.75, 3.05) is 7.05 Å². The molecule has 1 aromatic carbocycles. The van der Waals surface area contributed by atoms with Crippen LogP contribution in [-0.4, -0.2) is 28.1 Å². The van der Waals surface area contributed by atoms with E-state index in [1.165, 1.54) is 0 Å². The Kier molecular flexibility index (Phi) is 4.79. The highest BCUT2D eigenvalue weighted by Gasteiger charge is 2.18. The van der Waals surface area contributed by atoms with E-state index in [9.17, 15) is 4.79 Å². The smallest absolute Gasteiger partial charge is 0.225 e. The van der Waals surface area contributed by atoms with Crippen molar-refractivity contribution in [1.82, 2.24) is 15.1 Å². The molecule has 4 nitrogen and oxygen atoms in total. The summed E-state index contributed by atoms with van der Waals surface area (Å²) in [7, 11) is 1.81. The number of aromatic amines is 1. The van der Waals surface area contributed by atoms with E-state index in [2.05, 4.69) is 10.2 Å². The molecular weight excluding hydrogens is 274 g/mol. The summed E-state index contributed by atoms with van der Waals surface area (Å²) in [6, 6.07) is 9.49.